The minimum Gasteiger partial charge on any atom is -0.378 e. The lowest BCUT2D eigenvalue weighted by molar-refractivity contribution is 0.143. The van der Waals surface area contributed by atoms with Crippen LogP contribution in [0.15, 0.2) is 55.7 Å². The molecule has 2 heteroatoms. The van der Waals surface area contributed by atoms with Gasteiger partial charge in [0.2, 0.25) is 0 Å². The molecular formula is C58H86OSi. The average molecular weight is 827 g/mol. The molecule has 0 aliphatic heterocycles. The molecule has 60 heavy (non-hydrogen) atoms. The predicted molar refractivity (Wildman–Crippen MR) is 271 cm³/mol. The van der Waals surface area contributed by atoms with Crippen LogP contribution in [-0.4, -0.2) is 18.8 Å². The molecule has 0 aliphatic rings. The topological polar surface area (TPSA) is 20.2 Å². The molecule has 0 rings (SSSR count). The Morgan fingerprint density at radius 3 is 0.633 bits per heavy atom. The van der Waals surface area contributed by atoms with E-state index in [4.69, 9.17) is 0 Å². The van der Waals surface area contributed by atoms with E-state index in [-0.39, 0.29) is 0 Å². The summed E-state index contributed by atoms with van der Waals surface area (Å²) >= 11 is 0. The van der Waals surface area contributed by atoms with Crippen molar-refractivity contribution in [2.45, 2.75) is 237 Å². The van der Waals surface area contributed by atoms with Crippen LogP contribution in [0, 0.1) is 70.7 Å². The highest BCUT2D eigenvalue weighted by Crippen LogP contribution is 2.23. The van der Waals surface area contributed by atoms with Crippen LogP contribution in [0.25, 0.3) is 0 Å². The first-order valence-corrected chi connectivity index (χ1v) is 27.6. The van der Waals surface area contributed by atoms with E-state index >= 15 is 0 Å². The van der Waals surface area contributed by atoms with Crippen LogP contribution < -0.4 is 0 Å². The zero-order valence-corrected chi connectivity index (χ0v) is 42.6. The van der Waals surface area contributed by atoms with Crippen LogP contribution in [-0.2, 0) is 0 Å². The summed E-state index contributed by atoms with van der Waals surface area (Å²) in [6, 6.07) is 0. The molecule has 0 saturated carbocycles. The van der Waals surface area contributed by atoms with Gasteiger partial charge < -0.3 is 5.11 Å². The second-order valence-corrected chi connectivity index (χ2v) is 22.3. The SMILES string of the molecule is CCC/C(C#C/C(CCC)=C(\C#C/C(CCC)=C(\C#CC(C)(C)O)CCC)CCC)=C(/C#C/C(CCC)=C(\C#C/C(CCC)=C(\C#C[Si](C)(C)C)CCC)CCC)CCC. The standard InChI is InChI=1S/C58H86OSi/c1-16-26-48(36-38-50(28-18-3)52(30-20-5)40-42-54(32-22-7)56(34-24-9)44-46-58(11,12)59)49(27-17-2)37-39-51(29-19-4)53(31-21-6)41-43-55(33-23-8)57(35-25-10)45-47-60(13,14)15/h59H,16-35H2,1-15H3/b49-48-,52-50-,53-51-,56-54-,57-55-. The summed E-state index contributed by atoms with van der Waals surface area (Å²) in [6.45, 7) is 32.7. The Bertz CT molecular complexity index is 1740. The lowest BCUT2D eigenvalue weighted by atomic mass is 9.95. The molecule has 0 atom stereocenters. The summed E-state index contributed by atoms with van der Waals surface area (Å²) in [4.78, 5) is 0. The third-order valence-corrected chi connectivity index (χ3v) is 10.3. The quantitative estimate of drug-likeness (QED) is 0.0958. The molecular weight excluding hydrogens is 741 g/mol. The van der Waals surface area contributed by atoms with Gasteiger partial charge in [-0.2, -0.15) is 0 Å². The average Bonchev–Trinajstić information content (AvgIpc) is 3.19. The Morgan fingerprint density at radius 2 is 0.483 bits per heavy atom. The third-order valence-electron chi connectivity index (χ3n) is 9.39. The Labute approximate surface area is 374 Å². The van der Waals surface area contributed by atoms with Gasteiger partial charge in [-0.1, -0.05) is 218 Å². The van der Waals surface area contributed by atoms with E-state index in [9.17, 15) is 5.11 Å². The van der Waals surface area contributed by atoms with E-state index in [0.29, 0.717) is 0 Å². The molecule has 0 unspecified atom stereocenters. The Kier molecular flexibility index (Phi) is 30.9. The molecule has 0 aromatic heterocycles. The van der Waals surface area contributed by atoms with Crippen molar-refractivity contribution in [3.63, 3.8) is 0 Å². The van der Waals surface area contributed by atoms with Gasteiger partial charge in [-0.25, -0.2) is 0 Å². The Morgan fingerprint density at radius 1 is 0.317 bits per heavy atom. The van der Waals surface area contributed by atoms with Gasteiger partial charge in [0.1, 0.15) is 13.7 Å². The Balaban J connectivity index is 8.02. The van der Waals surface area contributed by atoms with Crippen molar-refractivity contribution in [3.8, 4) is 70.7 Å². The van der Waals surface area contributed by atoms with E-state index in [0.717, 1.165) is 151 Å². The van der Waals surface area contributed by atoms with E-state index in [2.05, 4.69) is 160 Å². The molecule has 0 bridgehead atoms. The van der Waals surface area contributed by atoms with Crippen LogP contribution in [0.3, 0.4) is 0 Å². The summed E-state index contributed by atoms with van der Waals surface area (Å²) in [7, 11) is -1.51. The predicted octanol–water partition coefficient (Wildman–Crippen LogP) is 16.1. The van der Waals surface area contributed by atoms with E-state index in [1.54, 1.807) is 13.8 Å². The lowest BCUT2D eigenvalue weighted by Gasteiger charge is -2.09. The van der Waals surface area contributed by atoms with Gasteiger partial charge in [-0.05, 0) is 78.1 Å². The second-order valence-electron chi connectivity index (χ2n) is 17.6. The zero-order valence-electron chi connectivity index (χ0n) is 41.6. The summed E-state index contributed by atoms with van der Waals surface area (Å²) in [5.41, 5.74) is 14.2. The zero-order chi connectivity index (χ0) is 45.4. The van der Waals surface area contributed by atoms with Gasteiger partial charge in [-0.3, -0.25) is 0 Å². The molecule has 0 saturated heterocycles. The number of aliphatic hydroxyl groups is 1. The van der Waals surface area contributed by atoms with Crippen molar-refractivity contribution in [3.05, 3.63) is 55.7 Å². The summed E-state index contributed by atoms with van der Waals surface area (Å²) in [6.07, 6.45) is 19.4. The molecule has 0 aliphatic carbocycles. The maximum atomic E-state index is 10.4. The van der Waals surface area contributed by atoms with Crippen molar-refractivity contribution in [1.82, 2.24) is 0 Å². The number of hydrogen-bond donors (Lipinski definition) is 1. The molecule has 1 N–H and O–H groups in total. The Hall–Kier alpha value is -3.76. The van der Waals surface area contributed by atoms with Gasteiger partial charge >= 0.3 is 0 Å². The van der Waals surface area contributed by atoms with Crippen molar-refractivity contribution in [2.75, 3.05) is 0 Å². The van der Waals surface area contributed by atoms with E-state index < -0.39 is 13.7 Å². The molecule has 0 amide bonds. The molecule has 1 nitrogen and oxygen atoms in total. The molecule has 0 heterocycles. The number of hydrogen-bond acceptors (Lipinski definition) is 1. The normalized spacial score (nSPS) is 13.2. The lowest BCUT2D eigenvalue weighted by Crippen LogP contribution is -2.16. The van der Waals surface area contributed by atoms with Gasteiger partial charge in [0.05, 0.1) is 0 Å². The first-order valence-electron chi connectivity index (χ1n) is 24.1. The largest absolute Gasteiger partial charge is 0.378 e. The molecule has 0 aromatic carbocycles. The highest BCUT2D eigenvalue weighted by Gasteiger charge is 2.11. The van der Waals surface area contributed by atoms with Crippen LogP contribution >= 0.6 is 0 Å². The molecule has 0 spiro atoms. The highest BCUT2D eigenvalue weighted by atomic mass is 28.3. The molecule has 0 fully saturated rings. The first kappa shape index (κ1) is 56.2. The van der Waals surface area contributed by atoms with E-state index in [1.165, 1.54) is 33.4 Å². The van der Waals surface area contributed by atoms with Crippen LogP contribution in [0.4, 0.5) is 0 Å². The third kappa shape index (κ3) is 25.1. The highest BCUT2D eigenvalue weighted by molar-refractivity contribution is 6.83. The van der Waals surface area contributed by atoms with Crippen molar-refractivity contribution in [1.29, 1.82) is 0 Å². The van der Waals surface area contributed by atoms with Gasteiger partial charge in [0.15, 0.2) is 0 Å². The summed E-state index contributed by atoms with van der Waals surface area (Å²) < 4.78 is 0. The van der Waals surface area contributed by atoms with Gasteiger partial charge in [0, 0.05) is 55.7 Å². The second kappa shape index (κ2) is 32.9. The van der Waals surface area contributed by atoms with Crippen LogP contribution in [0.5, 0.6) is 0 Å². The summed E-state index contributed by atoms with van der Waals surface area (Å²) in [5, 5.41) is 10.4. The molecule has 0 radical (unpaired) electrons. The van der Waals surface area contributed by atoms with Crippen molar-refractivity contribution < 1.29 is 5.11 Å². The fraction of sp³-hybridized carbons (Fsp3) is 0.621. The van der Waals surface area contributed by atoms with Gasteiger partial charge in [0.25, 0.3) is 0 Å². The smallest absolute Gasteiger partial charge is 0.129 e. The van der Waals surface area contributed by atoms with Crippen molar-refractivity contribution >= 4 is 8.07 Å². The fourth-order valence-corrected chi connectivity index (χ4v) is 7.01. The number of rotatable bonds is 20. The van der Waals surface area contributed by atoms with Crippen LogP contribution in [0.1, 0.15) is 212 Å². The van der Waals surface area contributed by atoms with Gasteiger partial charge in [-0.15, -0.1) is 5.54 Å². The first-order chi connectivity index (χ1) is 28.6. The maximum Gasteiger partial charge on any atom is 0.129 e. The molecule has 328 valence electrons. The molecule has 0 aromatic rings. The monoisotopic (exact) mass is 827 g/mol. The van der Waals surface area contributed by atoms with Crippen LogP contribution in [0.2, 0.25) is 19.6 Å². The van der Waals surface area contributed by atoms with Crippen molar-refractivity contribution in [2.24, 2.45) is 0 Å². The minimum atomic E-state index is -1.51. The van der Waals surface area contributed by atoms with E-state index in [1.807, 2.05) is 0 Å². The summed E-state index contributed by atoms with van der Waals surface area (Å²) in [5.74, 6) is 39.4. The number of allylic oxidation sites excluding steroid dienone is 10. The maximum absolute atomic E-state index is 10.4. The fourth-order valence-electron chi connectivity index (χ4n) is 6.48. The minimum absolute atomic E-state index is 0.862.